The van der Waals surface area contributed by atoms with Gasteiger partial charge >= 0.3 is 39.9 Å². The quantitative estimate of drug-likeness (QED) is 0.137. The molecule has 0 spiro atoms. The molecule has 0 N–H and O–H groups in total. The van der Waals surface area contributed by atoms with Gasteiger partial charge in [-0.15, -0.1) is 0 Å². The zero-order valence-corrected chi connectivity index (χ0v) is 10.9. The summed E-state index contributed by atoms with van der Waals surface area (Å²) in [6, 6.07) is 0. The summed E-state index contributed by atoms with van der Waals surface area (Å²) in [5, 5.41) is 0. The first-order valence-corrected chi connectivity index (χ1v) is 3.95. The molecule has 0 amide bonds. The number of allylic oxidation sites excluding steroid dienone is 1. The monoisotopic (exact) mass is 306 g/mol. The number of esters is 1. The van der Waals surface area contributed by atoms with Crippen molar-refractivity contribution in [2.24, 2.45) is 0 Å². The van der Waals surface area contributed by atoms with Gasteiger partial charge in [-0.05, 0) is 19.3 Å². The first kappa shape index (κ1) is 30.6. The molecule has 0 aliphatic heterocycles. The van der Waals surface area contributed by atoms with E-state index in [0.717, 1.165) is 0 Å². The third-order valence-electron chi connectivity index (χ3n) is 0.957. The van der Waals surface area contributed by atoms with E-state index in [2.05, 4.69) is 24.7 Å². The van der Waals surface area contributed by atoms with Gasteiger partial charge in [0.05, 0.1) is 7.11 Å². The average molecular weight is 306 g/mol. The summed E-state index contributed by atoms with van der Waals surface area (Å²) in [6.45, 7) is 13.5. The maximum Gasteiger partial charge on any atom is 0 e. The summed E-state index contributed by atoms with van der Waals surface area (Å²) in [6.07, 6.45) is 9.66. The van der Waals surface area contributed by atoms with E-state index in [0.29, 0.717) is 6.29 Å². The summed E-state index contributed by atoms with van der Waals surface area (Å²) >= 11 is 0. The summed E-state index contributed by atoms with van der Waals surface area (Å²) in [5.41, 5.74) is 0. The van der Waals surface area contributed by atoms with E-state index < -0.39 is 5.97 Å². The topological polar surface area (TPSA) is 103 Å². The van der Waals surface area contributed by atoms with Crippen LogP contribution in [0.2, 0.25) is 0 Å². The normalized spacial score (nSPS) is 6.68. The largest absolute Gasteiger partial charge is 0 e. The average Bonchev–Trinajstić information content (AvgIpc) is 2.48. The molecule has 0 saturated heterocycles. The molecule has 7 heteroatoms. The first-order chi connectivity index (χ1) is 8.81. The van der Waals surface area contributed by atoms with E-state index in [4.69, 9.17) is 14.0 Å². The summed E-state index contributed by atoms with van der Waals surface area (Å²) < 4.78 is 26.8. The summed E-state index contributed by atoms with van der Waals surface area (Å²) in [4.78, 5) is 20.3. The van der Waals surface area contributed by atoms with Crippen LogP contribution in [0.15, 0.2) is 12.2 Å². The van der Waals surface area contributed by atoms with Crippen LogP contribution < -0.4 is 0 Å². The van der Waals surface area contributed by atoms with E-state index in [9.17, 15) is 9.59 Å². The Morgan fingerprint density at radius 2 is 1.37 bits per heavy atom. The van der Waals surface area contributed by atoms with Crippen LogP contribution in [0.1, 0.15) is 0 Å². The van der Waals surface area contributed by atoms with Crippen LogP contribution in [0.25, 0.3) is 0 Å². The van der Waals surface area contributed by atoms with Crippen LogP contribution in [0.5, 0.6) is 0 Å². The first-order valence-electron chi connectivity index (χ1n) is 3.95. The second-order valence-electron chi connectivity index (χ2n) is 1.79. The van der Waals surface area contributed by atoms with Gasteiger partial charge in [0.1, 0.15) is 6.29 Å². The van der Waals surface area contributed by atoms with E-state index in [1.807, 2.05) is 0 Å². The predicted octanol–water partition coefficient (Wildman–Crippen LogP) is 0.617. The smallest absolute Gasteiger partial charge is 0 e. The van der Waals surface area contributed by atoms with Crippen LogP contribution in [-0.4, -0.2) is 19.4 Å². The third kappa shape index (κ3) is 47.8. The zero-order valence-electron chi connectivity index (χ0n) is 9.84. The standard InChI is InChI=1S/C9H10O3.3CO.Fe/c1-12-9(11)7-5-3-2-4-6-8-10;3*1-2;/h2-8H,1H3;;;;/b7-5+;;;;. The second-order valence-corrected chi connectivity index (χ2v) is 1.79. The van der Waals surface area contributed by atoms with Crippen molar-refractivity contribution >= 4 is 12.3 Å². The maximum atomic E-state index is 10.5. The fraction of sp³-hybridized carbons (Fsp3) is 0.0833. The van der Waals surface area contributed by atoms with Gasteiger partial charge in [0.2, 0.25) is 0 Å². The van der Waals surface area contributed by atoms with Crippen molar-refractivity contribution in [1.29, 1.82) is 0 Å². The number of ether oxygens (including phenoxy) is 1. The molecule has 6 nitrogen and oxygen atoms in total. The van der Waals surface area contributed by atoms with Crippen LogP contribution in [0, 0.1) is 45.6 Å². The van der Waals surface area contributed by atoms with Crippen molar-refractivity contribution in [3.05, 3.63) is 57.8 Å². The molecule has 0 fully saturated rings. The molecular formula is C12H10FeO6. The third-order valence-corrected chi connectivity index (χ3v) is 0.957. The molecule has 0 unspecified atom stereocenters. The summed E-state index contributed by atoms with van der Waals surface area (Å²) in [7, 11) is 1.31. The number of methoxy groups -OCH3 is 1. The molecule has 0 aromatic carbocycles. The molecule has 4 radical (unpaired) electrons. The van der Waals surface area contributed by atoms with E-state index in [-0.39, 0.29) is 17.1 Å². The molecule has 102 valence electrons. The Morgan fingerprint density at radius 3 is 1.74 bits per heavy atom. The zero-order chi connectivity index (χ0) is 15.2. The summed E-state index contributed by atoms with van der Waals surface area (Å²) in [5.74, 6) is -0.404. The van der Waals surface area contributed by atoms with E-state index >= 15 is 0 Å². The number of rotatable bonds is 6. The van der Waals surface area contributed by atoms with Gasteiger partial charge in [-0.1, -0.05) is 6.08 Å². The molecule has 0 aliphatic rings. The van der Waals surface area contributed by atoms with Crippen molar-refractivity contribution in [3.8, 4) is 0 Å². The molecule has 0 heterocycles. The van der Waals surface area contributed by atoms with Gasteiger partial charge in [-0.3, -0.25) is 0 Å². The maximum absolute atomic E-state index is 10.5. The Kier molecular flexibility index (Phi) is 70.5. The van der Waals surface area contributed by atoms with E-state index in [1.165, 1.54) is 25.7 Å². The van der Waals surface area contributed by atoms with Gasteiger partial charge < -0.3 is 9.53 Å². The number of unbranched alkanes of at least 4 members (excludes halogenated alkanes) is 3. The molecular weight excluding hydrogens is 296 g/mol. The van der Waals surface area contributed by atoms with E-state index in [1.54, 1.807) is 19.3 Å². The Morgan fingerprint density at radius 1 is 0.947 bits per heavy atom. The number of aldehydes is 1. The number of carbonyl (C=O) groups is 2. The molecule has 0 saturated carbocycles. The fourth-order valence-electron chi connectivity index (χ4n) is 0.440. The van der Waals surface area contributed by atoms with Crippen molar-refractivity contribution in [2.75, 3.05) is 7.11 Å². The number of hydrogen-bond donors (Lipinski definition) is 0. The fourth-order valence-corrected chi connectivity index (χ4v) is 0.440. The minimum atomic E-state index is -0.404. The van der Waals surface area contributed by atoms with Gasteiger partial charge in [0.15, 0.2) is 0 Å². The van der Waals surface area contributed by atoms with Gasteiger partial charge in [-0.2, -0.15) is 0 Å². The SMILES string of the molecule is COC(=O)/C=C/[CH][CH][CH][CH]C=O.[C-]#[O+].[C-]#[O+].[C-]#[O+].[Fe]. The van der Waals surface area contributed by atoms with Gasteiger partial charge in [0.25, 0.3) is 0 Å². The number of carbonyl (C=O) groups excluding carboxylic acids is 2. The molecule has 0 atom stereocenters. The van der Waals surface area contributed by atoms with Crippen LogP contribution >= 0.6 is 0 Å². The molecule has 0 rings (SSSR count). The molecule has 0 bridgehead atoms. The molecule has 0 aromatic heterocycles. The molecule has 0 aliphatic carbocycles. The minimum absolute atomic E-state index is 0. The van der Waals surface area contributed by atoms with Crippen LogP contribution in [0.3, 0.4) is 0 Å². The van der Waals surface area contributed by atoms with Crippen LogP contribution in [-0.2, 0) is 45.4 Å². The van der Waals surface area contributed by atoms with Crippen molar-refractivity contribution in [1.82, 2.24) is 0 Å². The Bertz CT molecular complexity index is 253. The Hall–Kier alpha value is -1.38. The molecule has 0 aromatic rings. The molecule has 19 heavy (non-hydrogen) atoms. The Balaban J connectivity index is -0.0000000816. The Labute approximate surface area is 123 Å². The van der Waals surface area contributed by atoms with Gasteiger partial charge in [0, 0.05) is 29.6 Å². The van der Waals surface area contributed by atoms with Crippen molar-refractivity contribution in [2.45, 2.75) is 0 Å². The second kappa shape index (κ2) is 43.8. The number of hydrogen-bond acceptors (Lipinski definition) is 3. The van der Waals surface area contributed by atoms with Gasteiger partial charge in [-0.25, -0.2) is 4.79 Å². The minimum Gasteiger partial charge on any atom is 0 e. The van der Waals surface area contributed by atoms with Crippen LogP contribution in [0.4, 0.5) is 0 Å². The predicted molar refractivity (Wildman–Crippen MR) is 56.2 cm³/mol. The van der Waals surface area contributed by atoms with Crippen molar-refractivity contribution in [3.63, 3.8) is 0 Å². The van der Waals surface area contributed by atoms with Crippen molar-refractivity contribution < 1.29 is 45.4 Å².